The summed E-state index contributed by atoms with van der Waals surface area (Å²) in [5, 5.41) is 9.32. The van der Waals surface area contributed by atoms with Gasteiger partial charge in [-0.3, -0.25) is 14.4 Å². The van der Waals surface area contributed by atoms with Crippen LogP contribution in [0.1, 0.15) is 151 Å². The first-order chi connectivity index (χ1) is 22.8. The second-order valence-electron chi connectivity index (χ2n) is 20.5. The van der Waals surface area contributed by atoms with Crippen LogP contribution in [0.3, 0.4) is 0 Å². The molecule has 0 aromatic carbocycles. The molecule has 49 heavy (non-hydrogen) atoms. The highest BCUT2D eigenvalue weighted by atomic mass is 16.5. The summed E-state index contributed by atoms with van der Waals surface area (Å²) in [6.45, 7) is 18.2. The molecule has 1 aliphatic heterocycles. The number of fused-ring (bicyclic) bond motifs is 7. The minimum absolute atomic E-state index is 0.0367. The van der Waals surface area contributed by atoms with Gasteiger partial charge in [-0.2, -0.15) is 0 Å². The summed E-state index contributed by atoms with van der Waals surface area (Å²) in [6, 6.07) is 0.600. The number of ether oxygens (including phenoxy) is 1. The smallest absolute Gasteiger partial charge is 0.306 e. The van der Waals surface area contributed by atoms with Gasteiger partial charge in [-0.15, -0.1) is 0 Å². The molecular formula is C42H70N2O5. The monoisotopic (exact) mass is 683 g/mol. The number of piperidine rings is 1. The maximum Gasteiger partial charge on any atom is 0.306 e. The number of carboxylic acids is 1. The maximum atomic E-state index is 13.9. The van der Waals surface area contributed by atoms with Crippen molar-refractivity contribution in [3.8, 4) is 0 Å². The average molecular weight is 683 g/mol. The van der Waals surface area contributed by atoms with Crippen LogP contribution in [-0.2, 0) is 19.1 Å². The Balaban J connectivity index is 1.16. The molecule has 5 saturated carbocycles. The topological polar surface area (TPSA) is 87.2 Å². The Kier molecular flexibility index (Phi) is 9.70. The second-order valence-corrected chi connectivity index (χ2v) is 20.5. The van der Waals surface area contributed by atoms with Crippen LogP contribution in [0.4, 0.5) is 0 Å². The zero-order chi connectivity index (χ0) is 35.8. The molecule has 0 spiro atoms. The third-order valence-electron chi connectivity index (χ3n) is 17.1. The number of carbonyl (C=O) groups is 3. The summed E-state index contributed by atoms with van der Waals surface area (Å²) in [6.07, 6.45) is 16.2. The molecule has 6 rings (SSSR count). The standard InChI is InChI=1S/C42H70N2O5/c1-37(2,26-35(46)47)27-36(48)49-33-15-19-39(5)31(38(33,3)4)14-20-41(7)32(39)13-12-29-30-11-10-18-42(30,22-21-40(29,41)6)25-34(45)44-23-16-28(17-24-44)43(8)9/h28-33H,10-27H2,1-9H3,(H,46,47)/t29-,30-,31?,32?,33+,39+,40-,41-,42-/m1/s1. The fraction of sp³-hybridized carbons (Fsp3) is 0.929. The highest BCUT2D eigenvalue weighted by Gasteiger charge is 2.70. The molecule has 1 saturated heterocycles. The molecule has 9 atom stereocenters. The van der Waals surface area contributed by atoms with Crippen LogP contribution in [0.15, 0.2) is 0 Å². The van der Waals surface area contributed by atoms with Crippen molar-refractivity contribution in [2.75, 3.05) is 27.2 Å². The molecule has 2 unspecified atom stereocenters. The molecule has 1 heterocycles. The Labute approximate surface area is 298 Å². The zero-order valence-electron chi connectivity index (χ0n) is 32.7. The third-order valence-corrected chi connectivity index (χ3v) is 17.1. The predicted molar refractivity (Wildman–Crippen MR) is 194 cm³/mol. The highest BCUT2D eigenvalue weighted by molar-refractivity contribution is 5.77. The van der Waals surface area contributed by atoms with Crippen molar-refractivity contribution >= 4 is 17.8 Å². The molecular weight excluding hydrogens is 612 g/mol. The Morgan fingerprint density at radius 1 is 0.776 bits per heavy atom. The lowest BCUT2D eigenvalue weighted by Gasteiger charge is -2.72. The number of rotatable bonds is 8. The summed E-state index contributed by atoms with van der Waals surface area (Å²) in [4.78, 5) is 43.0. The number of amides is 1. The van der Waals surface area contributed by atoms with Gasteiger partial charge in [0, 0.05) is 31.0 Å². The normalized spacial score (nSPS) is 42.1. The Morgan fingerprint density at radius 2 is 1.47 bits per heavy atom. The largest absolute Gasteiger partial charge is 0.481 e. The van der Waals surface area contributed by atoms with E-state index in [0.29, 0.717) is 41.0 Å². The van der Waals surface area contributed by atoms with Crippen molar-refractivity contribution in [2.24, 2.45) is 56.2 Å². The van der Waals surface area contributed by atoms with Gasteiger partial charge in [0.05, 0.1) is 12.8 Å². The SMILES string of the molecule is CN(C)C1CCN(C(=O)C[C@]23CCC[C@@H]2[C@H]2CCC4[C@@]5(C)CC[C@H](OC(=O)CC(C)(C)CC(=O)O)C(C)(C)C5CC[C@@]4(C)[C@]2(C)CC3)CC1. The summed E-state index contributed by atoms with van der Waals surface area (Å²) >= 11 is 0. The van der Waals surface area contributed by atoms with E-state index in [9.17, 15) is 19.5 Å². The van der Waals surface area contributed by atoms with E-state index in [1.54, 1.807) is 0 Å². The fourth-order valence-electron chi connectivity index (χ4n) is 14.3. The predicted octanol–water partition coefficient (Wildman–Crippen LogP) is 8.59. The van der Waals surface area contributed by atoms with Crippen LogP contribution < -0.4 is 0 Å². The van der Waals surface area contributed by atoms with E-state index in [2.05, 4.69) is 58.5 Å². The van der Waals surface area contributed by atoms with Crippen molar-refractivity contribution in [1.29, 1.82) is 0 Å². The molecule has 7 nitrogen and oxygen atoms in total. The summed E-state index contributed by atoms with van der Waals surface area (Å²) in [7, 11) is 4.34. The van der Waals surface area contributed by atoms with Gasteiger partial charge in [0.15, 0.2) is 0 Å². The first-order valence-electron chi connectivity index (χ1n) is 20.1. The van der Waals surface area contributed by atoms with Crippen molar-refractivity contribution < 1.29 is 24.2 Å². The minimum atomic E-state index is -0.874. The molecule has 1 amide bonds. The quantitative estimate of drug-likeness (QED) is 0.258. The van der Waals surface area contributed by atoms with Gasteiger partial charge < -0.3 is 19.6 Å². The van der Waals surface area contributed by atoms with E-state index < -0.39 is 11.4 Å². The van der Waals surface area contributed by atoms with Crippen LogP contribution in [-0.4, -0.2) is 72.1 Å². The van der Waals surface area contributed by atoms with Gasteiger partial charge in [0.2, 0.25) is 5.91 Å². The van der Waals surface area contributed by atoms with E-state index in [-0.39, 0.29) is 46.6 Å². The lowest BCUT2D eigenvalue weighted by molar-refractivity contribution is -0.248. The minimum Gasteiger partial charge on any atom is -0.481 e. The van der Waals surface area contributed by atoms with Gasteiger partial charge >= 0.3 is 11.9 Å². The summed E-state index contributed by atoms with van der Waals surface area (Å²) in [5.74, 6) is 1.83. The van der Waals surface area contributed by atoms with Gasteiger partial charge in [0.1, 0.15) is 6.10 Å². The van der Waals surface area contributed by atoms with Crippen LogP contribution in [0.5, 0.6) is 0 Å². The van der Waals surface area contributed by atoms with Crippen LogP contribution in [0.25, 0.3) is 0 Å². The average Bonchev–Trinajstić information content (AvgIpc) is 3.41. The maximum absolute atomic E-state index is 13.9. The van der Waals surface area contributed by atoms with Gasteiger partial charge in [-0.05, 0) is 142 Å². The molecule has 0 aromatic heterocycles. The van der Waals surface area contributed by atoms with E-state index in [1.807, 2.05) is 13.8 Å². The lowest BCUT2D eigenvalue weighted by Crippen LogP contribution is -2.66. The molecule has 278 valence electrons. The molecule has 7 heteroatoms. The van der Waals surface area contributed by atoms with E-state index in [0.717, 1.165) is 45.2 Å². The molecule has 0 bridgehead atoms. The number of nitrogens with zero attached hydrogens (tertiary/aromatic N) is 2. The first kappa shape index (κ1) is 37.1. The van der Waals surface area contributed by atoms with E-state index in [1.165, 1.54) is 57.8 Å². The van der Waals surface area contributed by atoms with Crippen molar-refractivity contribution in [2.45, 2.75) is 163 Å². The Bertz CT molecular complexity index is 1290. The Hall–Kier alpha value is -1.63. The van der Waals surface area contributed by atoms with Gasteiger partial charge in [-0.1, -0.05) is 54.9 Å². The highest BCUT2D eigenvalue weighted by Crippen LogP contribution is 2.77. The number of aliphatic carboxylic acids is 1. The molecule has 6 fully saturated rings. The molecule has 0 radical (unpaired) electrons. The van der Waals surface area contributed by atoms with Crippen molar-refractivity contribution in [1.82, 2.24) is 9.80 Å². The fourth-order valence-corrected chi connectivity index (χ4v) is 14.3. The number of esters is 1. The van der Waals surface area contributed by atoms with Crippen molar-refractivity contribution in [3.05, 3.63) is 0 Å². The number of likely N-dealkylation sites (tertiary alicyclic amines) is 1. The molecule has 0 aromatic rings. The molecule has 6 aliphatic rings. The second kappa shape index (κ2) is 12.8. The van der Waals surface area contributed by atoms with Crippen molar-refractivity contribution in [3.63, 3.8) is 0 Å². The number of carboxylic acid groups (broad SMARTS) is 1. The number of hydrogen-bond donors (Lipinski definition) is 1. The summed E-state index contributed by atoms with van der Waals surface area (Å²) in [5.41, 5.74) is 0.215. The Morgan fingerprint density at radius 3 is 2.12 bits per heavy atom. The number of carbonyl (C=O) groups excluding carboxylic acids is 2. The number of hydrogen-bond acceptors (Lipinski definition) is 5. The van der Waals surface area contributed by atoms with Crippen LogP contribution in [0.2, 0.25) is 0 Å². The van der Waals surface area contributed by atoms with Crippen LogP contribution >= 0.6 is 0 Å². The molecule has 1 N–H and O–H groups in total. The zero-order valence-corrected chi connectivity index (χ0v) is 32.7. The third kappa shape index (κ3) is 6.20. The first-order valence-corrected chi connectivity index (χ1v) is 20.1. The van der Waals surface area contributed by atoms with Gasteiger partial charge in [-0.25, -0.2) is 0 Å². The molecule has 5 aliphatic carbocycles. The summed E-state index contributed by atoms with van der Waals surface area (Å²) < 4.78 is 6.27. The van der Waals surface area contributed by atoms with Crippen LogP contribution in [0, 0.1) is 56.2 Å². The lowest BCUT2D eigenvalue weighted by atomic mass is 9.32. The van der Waals surface area contributed by atoms with E-state index in [4.69, 9.17) is 4.74 Å². The van der Waals surface area contributed by atoms with Gasteiger partial charge in [0.25, 0.3) is 0 Å². The van der Waals surface area contributed by atoms with E-state index >= 15 is 0 Å².